The van der Waals surface area contributed by atoms with Crippen molar-refractivity contribution in [2.75, 3.05) is 13.2 Å². The third kappa shape index (κ3) is 4.91. The molecule has 0 saturated heterocycles. The van der Waals surface area contributed by atoms with Crippen LogP contribution in [0, 0.1) is 0 Å². The summed E-state index contributed by atoms with van der Waals surface area (Å²) in [6.45, 7) is 1.19. The molecule has 0 fully saturated rings. The molecule has 10 nitrogen and oxygen atoms in total. The zero-order chi connectivity index (χ0) is 22.8. The van der Waals surface area contributed by atoms with Gasteiger partial charge in [-0.15, -0.1) is 0 Å². The van der Waals surface area contributed by atoms with Gasteiger partial charge < -0.3 is 25.0 Å². The first-order valence-electron chi connectivity index (χ1n) is 8.58. The highest BCUT2D eigenvalue weighted by atomic mass is 19.4. The second kappa shape index (κ2) is 8.75. The molecule has 0 aromatic carbocycles. The summed E-state index contributed by atoms with van der Waals surface area (Å²) in [7, 11) is 0. The number of hydrogen-bond acceptors (Lipinski definition) is 7. The Labute approximate surface area is 167 Å². The van der Waals surface area contributed by atoms with Gasteiger partial charge in [0, 0.05) is 12.7 Å². The molecule has 0 saturated carbocycles. The first-order chi connectivity index (χ1) is 13.9. The van der Waals surface area contributed by atoms with Gasteiger partial charge in [-0.3, -0.25) is 19.1 Å². The molecule has 13 heteroatoms. The van der Waals surface area contributed by atoms with E-state index < -0.39 is 72.4 Å². The number of carbonyl (C=O) groups is 1. The minimum absolute atomic E-state index is 0.368. The zero-order valence-corrected chi connectivity index (χ0v) is 15.9. The van der Waals surface area contributed by atoms with E-state index in [0.29, 0.717) is 15.0 Å². The second-order valence-corrected chi connectivity index (χ2v) is 6.71. The Balaban J connectivity index is 2.43. The van der Waals surface area contributed by atoms with E-state index in [9.17, 15) is 37.8 Å². The summed E-state index contributed by atoms with van der Waals surface area (Å²) in [5.41, 5.74) is -1.89. The second-order valence-electron chi connectivity index (χ2n) is 6.71. The Morgan fingerprint density at radius 2 is 2.00 bits per heavy atom. The van der Waals surface area contributed by atoms with E-state index in [4.69, 9.17) is 9.84 Å². The summed E-state index contributed by atoms with van der Waals surface area (Å²) in [5, 5.41) is 28.8. The van der Waals surface area contributed by atoms with Crippen molar-refractivity contribution in [2.45, 2.75) is 38.9 Å². The Bertz CT molecular complexity index is 990. The van der Waals surface area contributed by atoms with Crippen LogP contribution < -0.4 is 11.2 Å². The highest BCUT2D eigenvalue weighted by molar-refractivity contribution is 5.82. The lowest BCUT2D eigenvalue weighted by Gasteiger charge is -2.23. The summed E-state index contributed by atoms with van der Waals surface area (Å²) >= 11 is 0. The summed E-state index contributed by atoms with van der Waals surface area (Å²) in [4.78, 5) is 38.2. The van der Waals surface area contributed by atoms with Crippen LogP contribution in [-0.2, 0) is 16.1 Å². The molecular formula is C17H20F3N3O7. The fourth-order valence-electron chi connectivity index (χ4n) is 2.62. The first-order valence-corrected chi connectivity index (χ1v) is 8.58. The van der Waals surface area contributed by atoms with E-state index in [1.54, 1.807) is 13.8 Å². The maximum atomic E-state index is 12.9. The van der Waals surface area contributed by atoms with Crippen molar-refractivity contribution in [3.8, 4) is 0 Å². The number of allylic oxidation sites excluding steroid dienone is 1. The van der Waals surface area contributed by atoms with Crippen LogP contribution in [-0.4, -0.2) is 61.1 Å². The summed E-state index contributed by atoms with van der Waals surface area (Å²) in [6, 6.07) is 0. The molecule has 1 aromatic rings. The van der Waals surface area contributed by atoms with Crippen molar-refractivity contribution in [1.29, 1.82) is 0 Å². The normalized spacial score (nSPS) is 18.9. The maximum absolute atomic E-state index is 12.9. The highest BCUT2D eigenvalue weighted by Crippen LogP contribution is 2.30. The fourth-order valence-corrected chi connectivity index (χ4v) is 2.62. The number of alkyl halides is 3. The number of rotatable bonds is 6. The Morgan fingerprint density at radius 1 is 1.37 bits per heavy atom. The zero-order valence-electron chi connectivity index (χ0n) is 15.9. The van der Waals surface area contributed by atoms with E-state index >= 15 is 0 Å². The standard InChI is InChI=1S/C17H20F3N3O7/c1-8(2)3-4-22(15(28)17(18,19)20)5-9-6-23(16(29)21-13(9)27)14-12(26)11(25)10(7-24)30-14/h3,6,12,14,24-26H,4-5,7H2,1-2H3,(H,21,27,29)/t12?,14-/m1/s1. The predicted molar refractivity (Wildman–Crippen MR) is 95.1 cm³/mol. The van der Waals surface area contributed by atoms with Crippen molar-refractivity contribution in [3.63, 3.8) is 0 Å². The van der Waals surface area contributed by atoms with Gasteiger partial charge >= 0.3 is 17.8 Å². The van der Waals surface area contributed by atoms with Crippen LogP contribution in [0.4, 0.5) is 13.2 Å². The average molecular weight is 435 g/mol. The van der Waals surface area contributed by atoms with E-state index in [-0.39, 0.29) is 0 Å². The number of nitrogens with zero attached hydrogens (tertiary/aromatic N) is 2. The molecule has 4 N–H and O–H groups in total. The van der Waals surface area contributed by atoms with Gasteiger partial charge in [-0.25, -0.2) is 4.79 Å². The molecule has 0 spiro atoms. The molecule has 30 heavy (non-hydrogen) atoms. The van der Waals surface area contributed by atoms with Crippen LogP contribution >= 0.6 is 0 Å². The third-order valence-corrected chi connectivity index (χ3v) is 4.17. The summed E-state index contributed by atoms with van der Waals surface area (Å²) < 4.78 is 44.5. The van der Waals surface area contributed by atoms with E-state index in [1.165, 1.54) is 6.08 Å². The Hall–Kier alpha value is -3.06. The van der Waals surface area contributed by atoms with Crippen molar-refractivity contribution in [2.24, 2.45) is 0 Å². The molecule has 1 aliphatic rings. The molecule has 2 heterocycles. The van der Waals surface area contributed by atoms with Gasteiger partial charge in [0.25, 0.3) is 5.56 Å². The van der Waals surface area contributed by atoms with Gasteiger partial charge in [0.1, 0.15) is 6.61 Å². The monoisotopic (exact) mass is 435 g/mol. The minimum Gasteiger partial charge on any atom is -0.506 e. The molecule has 0 bridgehead atoms. The number of halogens is 3. The maximum Gasteiger partial charge on any atom is 0.471 e. The Kier molecular flexibility index (Phi) is 6.77. The topological polar surface area (TPSA) is 145 Å². The Morgan fingerprint density at radius 3 is 2.50 bits per heavy atom. The largest absolute Gasteiger partial charge is 0.506 e. The van der Waals surface area contributed by atoms with E-state index in [2.05, 4.69) is 0 Å². The summed E-state index contributed by atoms with van der Waals surface area (Å²) in [6.07, 6.45) is -6.37. The first kappa shape index (κ1) is 23.2. The number of carbonyl (C=O) groups excluding carboxylic acids is 1. The SMILES string of the molecule is CC(C)=CCN(Cc1cn([C@@H]2OC(CO)=C(O)C2O)c(=O)[nH]c1=O)C(=O)C(F)(F)F. The van der Waals surface area contributed by atoms with Gasteiger partial charge in [-0.05, 0) is 13.8 Å². The van der Waals surface area contributed by atoms with E-state index in [1.807, 2.05) is 4.98 Å². The number of hydrogen-bond donors (Lipinski definition) is 4. The predicted octanol–water partition coefficient (Wildman–Crippen LogP) is 0.0453. The van der Waals surface area contributed by atoms with Crippen LogP contribution in [0.25, 0.3) is 0 Å². The quantitative estimate of drug-likeness (QED) is 0.462. The van der Waals surface area contributed by atoms with Gasteiger partial charge in [-0.2, -0.15) is 13.2 Å². The van der Waals surface area contributed by atoms with Crippen LogP contribution in [0.3, 0.4) is 0 Å². The molecule has 2 atom stereocenters. The number of amides is 1. The van der Waals surface area contributed by atoms with Crippen LogP contribution in [0.5, 0.6) is 0 Å². The molecule has 1 amide bonds. The van der Waals surface area contributed by atoms with Gasteiger partial charge in [-0.1, -0.05) is 11.6 Å². The highest BCUT2D eigenvalue weighted by Gasteiger charge is 2.42. The van der Waals surface area contributed by atoms with Crippen LogP contribution in [0.15, 0.2) is 39.0 Å². The molecular weight excluding hydrogens is 415 g/mol. The number of aliphatic hydroxyl groups excluding tert-OH is 3. The molecule has 0 radical (unpaired) electrons. The lowest BCUT2D eigenvalue weighted by atomic mass is 10.2. The minimum atomic E-state index is -5.19. The van der Waals surface area contributed by atoms with Gasteiger partial charge in [0.2, 0.25) is 6.23 Å². The molecule has 1 aromatic heterocycles. The number of H-pyrrole nitrogens is 1. The van der Waals surface area contributed by atoms with Gasteiger partial charge in [0.05, 0.1) is 12.1 Å². The molecule has 1 unspecified atom stereocenters. The third-order valence-electron chi connectivity index (χ3n) is 4.17. The number of aromatic nitrogens is 2. The van der Waals surface area contributed by atoms with Crippen LogP contribution in [0.2, 0.25) is 0 Å². The number of aromatic amines is 1. The number of aliphatic hydroxyl groups is 3. The average Bonchev–Trinajstić information content (AvgIpc) is 2.93. The smallest absolute Gasteiger partial charge is 0.471 e. The summed E-state index contributed by atoms with van der Waals surface area (Å²) in [5.74, 6) is -3.33. The molecule has 0 aliphatic carbocycles. The lowest BCUT2D eigenvalue weighted by Crippen LogP contribution is -2.43. The number of nitrogens with one attached hydrogen (secondary N) is 1. The van der Waals surface area contributed by atoms with Crippen molar-refractivity contribution >= 4 is 5.91 Å². The molecule has 166 valence electrons. The number of ether oxygens (including phenoxy) is 1. The fraction of sp³-hybridized carbons (Fsp3) is 0.471. The van der Waals surface area contributed by atoms with Crippen molar-refractivity contribution in [3.05, 3.63) is 55.8 Å². The lowest BCUT2D eigenvalue weighted by molar-refractivity contribution is -0.185. The van der Waals surface area contributed by atoms with Crippen LogP contribution in [0.1, 0.15) is 25.6 Å². The van der Waals surface area contributed by atoms with Gasteiger partial charge in [0.15, 0.2) is 17.6 Å². The van der Waals surface area contributed by atoms with Crippen molar-refractivity contribution < 1.29 is 38.0 Å². The molecule has 1 aliphatic heterocycles. The molecule has 2 rings (SSSR count). The van der Waals surface area contributed by atoms with Crippen molar-refractivity contribution in [1.82, 2.24) is 14.5 Å². The van der Waals surface area contributed by atoms with E-state index in [0.717, 1.165) is 6.20 Å².